The third-order valence-corrected chi connectivity index (χ3v) is 2.64. The Bertz CT molecular complexity index is 529. The first kappa shape index (κ1) is 10.8. The summed E-state index contributed by atoms with van der Waals surface area (Å²) in [4.78, 5) is 11.5. The molecule has 0 bridgehead atoms. The summed E-state index contributed by atoms with van der Waals surface area (Å²) in [6, 6.07) is 11.9. The maximum Gasteiger partial charge on any atom is 0.160 e. The molecule has 0 saturated carbocycles. The molecule has 2 heteroatoms. The van der Waals surface area contributed by atoms with Gasteiger partial charge in [0.05, 0.1) is 6.61 Å². The van der Waals surface area contributed by atoms with Gasteiger partial charge >= 0.3 is 0 Å². The van der Waals surface area contributed by atoms with Crippen LogP contribution in [0.3, 0.4) is 0 Å². The van der Waals surface area contributed by atoms with Gasteiger partial charge in [0.15, 0.2) is 5.78 Å². The fourth-order valence-corrected chi connectivity index (χ4v) is 1.88. The SMILES string of the molecule is COCc1ccc2cccc(C(C)=O)c2c1. The molecule has 0 radical (unpaired) electrons. The van der Waals surface area contributed by atoms with Crippen LogP contribution in [0.5, 0.6) is 0 Å². The average Bonchev–Trinajstić information content (AvgIpc) is 2.28. The number of Topliss-reactive ketones (excluding diaryl/α,β-unsaturated/α-hetero) is 1. The zero-order valence-corrected chi connectivity index (χ0v) is 9.49. The average molecular weight is 214 g/mol. The van der Waals surface area contributed by atoms with Gasteiger partial charge in [0.1, 0.15) is 0 Å². The molecule has 0 spiro atoms. The van der Waals surface area contributed by atoms with E-state index in [1.54, 1.807) is 14.0 Å². The van der Waals surface area contributed by atoms with E-state index < -0.39 is 0 Å². The maximum atomic E-state index is 11.5. The highest BCUT2D eigenvalue weighted by Crippen LogP contribution is 2.21. The number of ether oxygens (including phenoxy) is 1. The number of carbonyl (C=O) groups is 1. The van der Waals surface area contributed by atoms with Gasteiger partial charge in [-0.3, -0.25) is 4.79 Å². The Kier molecular flexibility index (Phi) is 3.02. The maximum absolute atomic E-state index is 11.5. The molecule has 82 valence electrons. The molecule has 0 aliphatic rings. The van der Waals surface area contributed by atoms with E-state index in [9.17, 15) is 4.79 Å². The van der Waals surface area contributed by atoms with Crippen molar-refractivity contribution < 1.29 is 9.53 Å². The Morgan fingerprint density at radius 3 is 2.75 bits per heavy atom. The van der Waals surface area contributed by atoms with E-state index in [4.69, 9.17) is 4.74 Å². The second kappa shape index (κ2) is 4.45. The molecule has 0 fully saturated rings. The number of fused-ring (bicyclic) bond motifs is 1. The molecule has 2 aromatic rings. The minimum atomic E-state index is 0.0974. The van der Waals surface area contributed by atoms with Crippen molar-refractivity contribution in [2.75, 3.05) is 7.11 Å². The summed E-state index contributed by atoms with van der Waals surface area (Å²) in [7, 11) is 1.67. The highest BCUT2D eigenvalue weighted by atomic mass is 16.5. The number of hydrogen-bond donors (Lipinski definition) is 0. The van der Waals surface area contributed by atoms with Gasteiger partial charge < -0.3 is 4.74 Å². The molecule has 2 nitrogen and oxygen atoms in total. The molecule has 2 aromatic carbocycles. The van der Waals surface area contributed by atoms with E-state index in [-0.39, 0.29) is 5.78 Å². The van der Waals surface area contributed by atoms with Gasteiger partial charge in [0, 0.05) is 12.7 Å². The smallest absolute Gasteiger partial charge is 0.160 e. The van der Waals surface area contributed by atoms with Gasteiger partial charge in [-0.15, -0.1) is 0 Å². The first-order valence-electron chi connectivity index (χ1n) is 5.24. The number of carbonyl (C=O) groups excluding carboxylic acids is 1. The number of benzene rings is 2. The standard InChI is InChI=1S/C14H14O2/c1-10(15)13-5-3-4-12-7-6-11(9-16-2)8-14(12)13/h3-8H,9H2,1-2H3. The highest BCUT2D eigenvalue weighted by molar-refractivity contribution is 6.07. The largest absolute Gasteiger partial charge is 0.380 e. The monoisotopic (exact) mass is 214 g/mol. The Hall–Kier alpha value is -1.67. The van der Waals surface area contributed by atoms with Crippen LogP contribution in [-0.4, -0.2) is 12.9 Å². The number of ketones is 1. The summed E-state index contributed by atoms with van der Waals surface area (Å²) in [5.41, 5.74) is 1.86. The molecule has 0 N–H and O–H groups in total. The van der Waals surface area contributed by atoms with Crippen molar-refractivity contribution in [3.8, 4) is 0 Å². The van der Waals surface area contributed by atoms with Crippen molar-refractivity contribution in [3.05, 3.63) is 47.5 Å². The molecule has 0 saturated heterocycles. The Morgan fingerprint density at radius 2 is 2.06 bits per heavy atom. The van der Waals surface area contributed by atoms with Gasteiger partial charge in [-0.05, 0) is 29.3 Å². The van der Waals surface area contributed by atoms with Crippen LogP contribution in [-0.2, 0) is 11.3 Å². The fourth-order valence-electron chi connectivity index (χ4n) is 1.88. The Morgan fingerprint density at radius 1 is 1.25 bits per heavy atom. The summed E-state index contributed by atoms with van der Waals surface area (Å²) >= 11 is 0. The molecular formula is C14H14O2. The Labute approximate surface area is 94.8 Å². The summed E-state index contributed by atoms with van der Waals surface area (Å²) in [5, 5.41) is 2.09. The van der Waals surface area contributed by atoms with E-state index in [2.05, 4.69) is 0 Å². The van der Waals surface area contributed by atoms with Gasteiger partial charge in [0.25, 0.3) is 0 Å². The van der Waals surface area contributed by atoms with Crippen molar-refractivity contribution in [2.45, 2.75) is 13.5 Å². The molecule has 0 heterocycles. The minimum absolute atomic E-state index is 0.0974. The molecule has 0 aromatic heterocycles. The molecule has 0 amide bonds. The van der Waals surface area contributed by atoms with Gasteiger partial charge in [-0.25, -0.2) is 0 Å². The van der Waals surface area contributed by atoms with Crippen LogP contribution in [0.25, 0.3) is 10.8 Å². The molecule has 0 atom stereocenters. The summed E-state index contributed by atoms with van der Waals surface area (Å²) in [6.07, 6.45) is 0. The van der Waals surface area contributed by atoms with Crippen LogP contribution in [0.1, 0.15) is 22.8 Å². The first-order chi connectivity index (χ1) is 7.72. The number of rotatable bonds is 3. The van der Waals surface area contributed by atoms with Crippen molar-refractivity contribution in [3.63, 3.8) is 0 Å². The number of methoxy groups -OCH3 is 1. The second-order valence-corrected chi connectivity index (χ2v) is 3.85. The topological polar surface area (TPSA) is 26.3 Å². The fraction of sp³-hybridized carbons (Fsp3) is 0.214. The first-order valence-corrected chi connectivity index (χ1v) is 5.24. The third-order valence-electron chi connectivity index (χ3n) is 2.64. The van der Waals surface area contributed by atoms with Crippen LogP contribution in [0.2, 0.25) is 0 Å². The number of hydrogen-bond acceptors (Lipinski definition) is 2. The lowest BCUT2D eigenvalue weighted by atomic mass is 10.00. The molecule has 0 aliphatic carbocycles. The van der Waals surface area contributed by atoms with E-state index >= 15 is 0 Å². The predicted octanol–water partition coefficient (Wildman–Crippen LogP) is 3.19. The highest BCUT2D eigenvalue weighted by Gasteiger charge is 2.05. The van der Waals surface area contributed by atoms with E-state index in [0.29, 0.717) is 6.61 Å². The van der Waals surface area contributed by atoms with Crippen LogP contribution in [0.15, 0.2) is 36.4 Å². The minimum Gasteiger partial charge on any atom is -0.380 e. The lowest BCUT2D eigenvalue weighted by Crippen LogP contribution is -1.95. The van der Waals surface area contributed by atoms with Crippen LogP contribution in [0, 0.1) is 0 Å². The third kappa shape index (κ3) is 1.97. The van der Waals surface area contributed by atoms with Gasteiger partial charge in [0.2, 0.25) is 0 Å². The summed E-state index contributed by atoms with van der Waals surface area (Å²) < 4.78 is 5.09. The molecule has 16 heavy (non-hydrogen) atoms. The molecule has 2 rings (SSSR count). The zero-order valence-electron chi connectivity index (χ0n) is 9.49. The lowest BCUT2D eigenvalue weighted by Gasteiger charge is -2.06. The van der Waals surface area contributed by atoms with Crippen molar-refractivity contribution in [1.29, 1.82) is 0 Å². The van der Waals surface area contributed by atoms with Crippen LogP contribution >= 0.6 is 0 Å². The summed E-state index contributed by atoms with van der Waals surface area (Å²) in [6.45, 7) is 2.17. The van der Waals surface area contributed by atoms with E-state index in [0.717, 1.165) is 21.9 Å². The van der Waals surface area contributed by atoms with Crippen LogP contribution < -0.4 is 0 Å². The van der Waals surface area contributed by atoms with Gasteiger partial charge in [-0.1, -0.05) is 30.3 Å². The van der Waals surface area contributed by atoms with Gasteiger partial charge in [-0.2, -0.15) is 0 Å². The summed E-state index contributed by atoms with van der Waals surface area (Å²) in [5.74, 6) is 0.0974. The van der Waals surface area contributed by atoms with Crippen LogP contribution in [0.4, 0.5) is 0 Å². The lowest BCUT2D eigenvalue weighted by molar-refractivity contribution is 0.101. The van der Waals surface area contributed by atoms with Crippen molar-refractivity contribution in [1.82, 2.24) is 0 Å². The van der Waals surface area contributed by atoms with Crippen molar-refractivity contribution in [2.24, 2.45) is 0 Å². The molecular weight excluding hydrogens is 200 g/mol. The second-order valence-electron chi connectivity index (χ2n) is 3.85. The zero-order chi connectivity index (χ0) is 11.5. The quantitative estimate of drug-likeness (QED) is 0.733. The molecule has 0 aliphatic heterocycles. The van der Waals surface area contributed by atoms with E-state index in [1.165, 1.54) is 0 Å². The van der Waals surface area contributed by atoms with E-state index in [1.807, 2.05) is 36.4 Å². The van der Waals surface area contributed by atoms with Crippen molar-refractivity contribution >= 4 is 16.6 Å². The predicted molar refractivity (Wildman–Crippen MR) is 64.7 cm³/mol. The Balaban J connectivity index is 2.63. The normalized spacial score (nSPS) is 10.6. The molecule has 0 unspecified atom stereocenters.